The highest BCUT2D eigenvalue weighted by atomic mass is 32.2. The first-order chi connectivity index (χ1) is 6.65. The van der Waals surface area contributed by atoms with Crippen LogP contribution in [0, 0.1) is 13.8 Å². The minimum atomic E-state index is 0.605. The van der Waals surface area contributed by atoms with Gasteiger partial charge in [0.15, 0.2) is 0 Å². The van der Waals surface area contributed by atoms with Gasteiger partial charge in [-0.3, -0.25) is 0 Å². The molecule has 4 heteroatoms. The second-order valence-electron chi connectivity index (χ2n) is 3.50. The summed E-state index contributed by atoms with van der Waals surface area (Å²) in [6, 6.07) is 0. The molecule has 1 heterocycles. The Balaban J connectivity index is 2.45. The summed E-state index contributed by atoms with van der Waals surface area (Å²) in [6.45, 7) is 6.91. The van der Waals surface area contributed by atoms with E-state index < -0.39 is 0 Å². The van der Waals surface area contributed by atoms with E-state index in [1.807, 2.05) is 25.6 Å². The van der Waals surface area contributed by atoms with E-state index in [1.165, 1.54) is 5.56 Å². The average Bonchev–Trinajstić information content (AvgIpc) is 2.44. The van der Waals surface area contributed by atoms with Gasteiger partial charge in [0.25, 0.3) is 0 Å². The molecule has 1 aromatic heterocycles. The normalized spacial score (nSPS) is 13.1. The van der Waals surface area contributed by atoms with Gasteiger partial charge in [-0.1, -0.05) is 12.1 Å². The highest BCUT2D eigenvalue weighted by Gasteiger charge is 2.10. The van der Waals surface area contributed by atoms with Gasteiger partial charge < -0.3 is 10.3 Å². The zero-order valence-electron chi connectivity index (χ0n) is 9.04. The van der Waals surface area contributed by atoms with Crippen LogP contribution in [0.25, 0.3) is 0 Å². The molecule has 0 saturated heterocycles. The van der Waals surface area contributed by atoms with Crippen LogP contribution in [-0.4, -0.2) is 17.0 Å². The maximum Gasteiger partial charge on any atom is 0.137 e. The minimum Gasteiger partial charge on any atom is -0.361 e. The first-order valence-corrected chi connectivity index (χ1v) is 5.93. The molecule has 0 spiro atoms. The number of nitrogens with two attached hydrogens (primary N) is 1. The Bertz CT molecular complexity index is 266. The van der Waals surface area contributed by atoms with Crippen molar-refractivity contribution < 1.29 is 4.52 Å². The van der Waals surface area contributed by atoms with Crippen molar-refractivity contribution in [2.24, 2.45) is 5.73 Å². The fraction of sp³-hybridized carbons (Fsp3) is 0.700. The number of rotatable bonds is 5. The number of aromatic nitrogens is 1. The zero-order chi connectivity index (χ0) is 10.6. The standard InChI is InChI=1S/C10H18N2OS/c1-7(4-5-11)14-6-10-8(2)12-13-9(10)3/h7H,4-6,11H2,1-3H3. The third-order valence-corrected chi connectivity index (χ3v) is 3.53. The van der Waals surface area contributed by atoms with Crippen molar-refractivity contribution >= 4 is 11.8 Å². The summed E-state index contributed by atoms with van der Waals surface area (Å²) in [5, 5.41) is 4.53. The van der Waals surface area contributed by atoms with Gasteiger partial charge >= 0.3 is 0 Å². The largest absolute Gasteiger partial charge is 0.361 e. The van der Waals surface area contributed by atoms with Gasteiger partial charge in [0.05, 0.1) is 5.69 Å². The van der Waals surface area contributed by atoms with Gasteiger partial charge in [-0.05, 0) is 26.8 Å². The molecule has 1 unspecified atom stereocenters. The number of hydrogen-bond donors (Lipinski definition) is 1. The third-order valence-electron chi connectivity index (χ3n) is 2.27. The smallest absolute Gasteiger partial charge is 0.137 e. The molecule has 1 aromatic rings. The molecule has 3 nitrogen and oxygen atoms in total. The van der Waals surface area contributed by atoms with Gasteiger partial charge in [0, 0.05) is 16.6 Å². The van der Waals surface area contributed by atoms with Crippen LogP contribution in [0.3, 0.4) is 0 Å². The van der Waals surface area contributed by atoms with Crippen molar-refractivity contribution in [1.29, 1.82) is 0 Å². The highest BCUT2D eigenvalue weighted by Crippen LogP contribution is 2.23. The molecular weight excluding hydrogens is 196 g/mol. The Morgan fingerprint density at radius 3 is 2.71 bits per heavy atom. The van der Waals surface area contributed by atoms with Crippen LogP contribution < -0.4 is 5.73 Å². The fourth-order valence-corrected chi connectivity index (χ4v) is 2.42. The molecule has 0 amide bonds. The first-order valence-electron chi connectivity index (χ1n) is 4.88. The van der Waals surface area contributed by atoms with Crippen molar-refractivity contribution in [2.75, 3.05) is 6.54 Å². The van der Waals surface area contributed by atoms with E-state index in [2.05, 4.69) is 12.1 Å². The van der Waals surface area contributed by atoms with E-state index in [-0.39, 0.29) is 0 Å². The van der Waals surface area contributed by atoms with E-state index in [0.29, 0.717) is 5.25 Å². The van der Waals surface area contributed by atoms with Gasteiger partial charge in [-0.2, -0.15) is 11.8 Å². The SMILES string of the molecule is Cc1noc(C)c1CSC(C)CCN. The molecule has 80 valence electrons. The van der Waals surface area contributed by atoms with Crippen molar-refractivity contribution in [3.8, 4) is 0 Å². The first kappa shape index (κ1) is 11.6. The maximum absolute atomic E-state index is 5.49. The maximum atomic E-state index is 5.49. The minimum absolute atomic E-state index is 0.605. The molecule has 0 aliphatic heterocycles. The van der Waals surface area contributed by atoms with Gasteiger partial charge in [-0.25, -0.2) is 0 Å². The molecular formula is C10H18N2OS. The Hall–Kier alpha value is -0.480. The van der Waals surface area contributed by atoms with Crippen LogP contribution >= 0.6 is 11.8 Å². The number of thioether (sulfide) groups is 1. The molecule has 0 saturated carbocycles. The molecule has 0 aromatic carbocycles. The summed E-state index contributed by atoms with van der Waals surface area (Å²) < 4.78 is 5.10. The van der Waals surface area contributed by atoms with Gasteiger partial charge in [0.1, 0.15) is 5.76 Å². The van der Waals surface area contributed by atoms with E-state index in [1.54, 1.807) is 0 Å². The summed E-state index contributed by atoms with van der Waals surface area (Å²) in [5.74, 6) is 1.91. The van der Waals surface area contributed by atoms with Gasteiger partial charge in [0.2, 0.25) is 0 Å². The predicted octanol–water partition coefficient (Wildman–Crippen LogP) is 2.26. The highest BCUT2D eigenvalue weighted by molar-refractivity contribution is 7.99. The second kappa shape index (κ2) is 5.41. The Morgan fingerprint density at radius 1 is 1.50 bits per heavy atom. The van der Waals surface area contributed by atoms with E-state index in [4.69, 9.17) is 10.3 Å². The van der Waals surface area contributed by atoms with Gasteiger partial charge in [-0.15, -0.1) is 0 Å². The van der Waals surface area contributed by atoms with Crippen LogP contribution in [0.1, 0.15) is 30.4 Å². The molecule has 14 heavy (non-hydrogen) atoms. The molecule has 0 aliphatic carbocycles. The van der Waals surface area contributed by atoms with Crippen molar-refractivity contribution in [3.05, 3.63) is 17.0 Å². The zero-order valence-corrected chi connectivity index (χ0v) is 9.86. The molecule has 0 bridgehead atoms. The molecule has 1 atom stereocenters. The fourth-order valence-electron chi connectivity index (χ4n) is 1.25. The van der Waals surface area contributed by atoms with E-state index >= 15 is 0 Å². The third kappa shape index (κ3) is 3.03. The summed E-state index contributed by atoms with van der Waals surface area (Å²) in [4.78, 5) is 0. The lowest BCUT2D eigenvalue weighted by Crippen LogP contribution is -2.07. The molecule has 0 fully saturated rings. The van der Waals surface area contributed by atoms with Crippen LogP contribution in [0.15, 0.2) is 4.52 Å². The number of hydrogen-bond acceptors (Lipinski definition) is 4. The Kier molecular flexibility index (Phi) is 4.48. The Labute approximate surface area is 89.4 Å². The average molecular weight is 214 g/mol. The van der Waals surface area contributed by atoms with Crippen molar-refractivity contribution in [2.45, 2.75) is 38.2 Å². The topological polar surface area (TPSA) is 52.0 Å². The summed E-state index contributed by atoms with van der Waals surface area (Å²) in [6.07, 6.45) is 1.06. The number of nitrogens with zero attached hydrogens (tertiary/aromatic N) is 1. The Morgan fingerprint density at radius 2 is 2.21 bits per heavy atom. The quantitative estimate of drug-likeness (QED) is 0.817. The molecule has 2 N–H and O–H groups in total. The van der Waals surface area contributed by atoms with Crippen LogP contribution in [0.4, 0.5) is 0 Å². The number of aryl methyl sites for hydroxylation is 2. The second-order valence-corrected chi connectivity index (χ2v) is 4.93. The lowest BCUT2D eigenvalue weighted by molar-refractivity contribution is 0.392. The predicted molar refractivity (Wildman–Crippen MR) is 60.4 cm³/mol. The molecule has 0 radical (unpaired) electrons. The monoisotopic (exact) mass is 214 g/mol. The summed E-state index contributed by atoms with van der Waals surface area (Å²) >= 11 is 1.91. The summed E-state index contributed by atoms with van der Waals surface area (Å²) in [7, 11) is 0. The van der Waals surface area contributed by atoms with Crippen LogP contribution in [0.5, 0.6) is 0 Å². The lowest BCUT2D eigenvalue weighted by Gasteiger charge is -2.08. The van der Waals surface area contributed by atoms with Crippen LogP contribution in [-0.2, 0) is 5.75 Å². The summed E-state index contributed by atoms with van der Waals surface area (Å²) in [5.41, 5.74) is 7.74. The lowest BCUT2D eigenvalue weighted by atomic mass is 10.2. The van der Waals surface area contributed by atoms with Crippen molar-refractivity contribution in [1.82, 2.24) is 5.16 Å². The molecule has 1 rings (SSSR count). The van der Waals surface area contributed by atoms with Crippen LogP contribution in [0.2, 0.25) is 0 Å². The van der Waals surface area contributed by atoms with E-state index in [0.717, 1.165) is 30.2 Å². The van der Waals surface area contributed by atoms with Crippen molar-refractivity contribution in [3.63, 3.8) is 0 Å². The molecule has 0 aliphatic rings. The van der Waals surface area contributed by atoms with E-state index in [9.17, 15) is 0 Å².